The second-order valence-corrected chi connectivity index (χ2v) is 6.09. The van der Waals surface area contributed by atoms with Gasteiger partial charge in [0, 0.05) is 29.3 Å². The molecule has 128 valence electrons. The van der Waals surface area contributed by atoms with Gasteiger partial charge in [0.15, 0.2) is 0 Å². The number of amides is 3. The van der Waals surface area contributed by atoms with Gasteiger partial charge >= 0.3 is 0 Å². The zero-order valence-corrected chi connectivity index (χ0v) is 13.6. The average molecular weight is 337 g/mol. The molecule has 1 saturated carbocycles. The van der Waals surface area contributed by atoms with E-state index >= 15 is 0 Å². The minimum absolute atomic E-state index is 0.0458. The molecule has 2 aromatic carbocycles. The van der Waals surface area contributed by atoms with Crippen LogP contribution in [0.25, 0.3) is 0 Å². The Balaban J connectivity index is 1.61. The van der Waals surface area contributed by atoms with E-state index in [-0.39, 0.29) is 23.3 Å². The molecule has 0 aliphatic heterocycles. The lowest BCUT2D eigenvalue weighted by atomic mass is 10.1. The molecule has 1 fully saturated rings. The molecule has 0 unspecified atom stereocenters. The summed E-state index contributed by atoms with van der Waals surface area (Å²) >= 11 is 0. The largest absolute Gasteiger partial charge is 0.366 e. The van der Waals surface area contributed by atoms with Gasteiger partial charge in [-0.05, 0) is 48.7 Å². The third kappa shape index (κ3) is 4.44. The minimum atomic E-state index is -0.575. The SMILES string of the molecule is NC(=O)c1cccc(C(=O)NCc2cccc(NC(=O)C3CC3)c2)c1. The molecule has 6 heteroatoms. The molecule has 1 aliphatic carbocycles. The molecular weight excluding hydrogens is 318 g/mol. The van der Waals surface area contributed by atoms with Gasteiger partial charge in [-0.3, -0.25) is 14.4 Å². The molecule has 0 saturated heterocycles. The van der Waals surface area contributed by atoms with E-state index in [4.69, 9.17) is 5.73 Å². The zero-order chi connectivity index (χ0) is 17.8. The molecule has 2 aromatic rings. The molecule has 4 N–H and O–H groups in total. The van der Waals surface area contributed by atoms with Gasteiger partial charge in [-0.25, -0.2) is 0 Å². The predicted octanol–water partition coefficient (Wildman–Crippen LogP) is 2.06. The van der Waals surface area contributed by atoms with Gasteiger partial charge in [0.2, 0.25) is 11.8 Å². The number of benzene rings is 2. The van der Waals surface area contributed by atoms with Crippen LogP contribution in [0.2, 0.25) is 0 Å². The average Bonchev–Trinajstić information content (AvgIpc) is 3.45. The summed E-state index contributed by atoms with van der Waals surface area (Å²) in [5.74, 6) is -0.686. The molecule has 0 heterocycles. The normalized spacial score (nSPS) is 13.1. The van der Waals surface area contributed by atoms with Crippen LogP contribution in [0.5, 0.6) is 0 Å². The van der Waals surface area contributed by atoms with Crippen LogP contribution < -0.4 is 16.4 Å². The van der Waals surface area contributed by atoms with Crippen molar-refractivity contribution in [3.05, 3.63) is 65.2 Å². The lowest BCUT2D eigenvalue weighted by molar-refractivity contribution is -0.117. The summed E-state index contributed by atoms with van der Waals surface area (Å²) < 4.78 is 0. The van der Waals surface area contributed by atoms with Gasteiger partial charge in [-0.2, -0.15) is 0 Å². The molecule has 3 amide bonds. The van der Waals surface area contributed by atoms with Crippen LogP contribution in [0.15, 0.2) is 48.5 Å². The van der Waals surface area contributed by atoms with Crippen LogP contribution in [0.1, 0.15) is 39.1 Å². The lowest BCUT2D eigenvalue weighted by Crippen LogP contribution is -2.23. The van der Waals surface area contributed by atoms with Crippen molar-refractivity contribution in [2.45, 2.75) is 19.4 Å². The van der Waals surface area contributed by atoms with Crippen molar-refractivity contribution in [2.75, 3.05) is 5.32 Å². The van der Waals surface area contributed by atoms with E-state index < -0.39 is 5.91 Å². The molecule has 25 heavy (non-hydrogen) atoms. The van der Waals surface area contributed by atoms with Crippen LogP contribution in [-0.2, 0) is 11.3 Å². The third-order valence-electron chi connectivity index (χ3n) is 4.01. The van der Waals surface area contributed by atoms with E-state index in [9.17, 15) is 14.4 Å². The van der Waals surface area contributed by atoms with Gasteiger partial charge in [0.05, 0.1) is 0 Å². The number of hydrogen-bond donors (Lipinski definition) is 3. The standard InChI is InChI=1S/C19H19N3O3/c20-17(23)14-4-2-5-15(10-14)18(24)21-11-12-3-1-6-16(9-12)22-19(25)13-7-8-13/h1-6,9-10,13H,7-8,11H2,(H2,20,23)(H,21,24)(H,22,25). The second-order valence-electron chi connectivity index (χ2n) is 6.09. The summed E-state index contributed by atoms with van der Waals surface area (Å²) in [5.41, 5.74) is 7.47. The monoisotopic (exact) mass is 337 g/mol. The molecule has 6 nitrogen and oxygen atoms in total. The van der Waals surface area contributed by atoms with Crippen molar-refractivity contribution in [1.29, 1.82) is 0 Å². The Morgan fingerprint density at radius 2 is 1.72 bits per heavy atom. The summed E-state index contributed by atoms with van der Waals surface area (Å²) in [6, 6.07) is 13.6. The van der Waals surface area contributed by atoms with Crippen LogP contribution >= 0.6 is 0 Å². The van der Waals surface area contributed by atoms with Crippen LogP contribution in [0.4, 0.5) is 5.69 Å². The van der Waals surface area contributed by atoms with Crippen molar-refractivity contribution in [2.24, 2.45) is 11.7 Å². The number of hydrogen-bond acceptors (Lipinski definition) is 3. The van der Waals surface area contributed by atoms with Crippen molar-refractivity contribution < 1.29 is 14.4 Å². The van der Waals surface area contributed by atoms with Crippen LogP contribution in [-0.4, -0.2) is 17.7 Å². The maximum absolute atomic E-state index is 12.2. The number of rotatable bonds is 6. The number of carbonyl (C=O) groups excluding carboxylic acids is 3. The summed E-state index contributed by atoms with van der Waals surface area (Å²) in [7, 11) is 0. The first-order chi connectivity index (χ1) is 12.0. The van der Waals surface area contributed by atoms with Crippen LogP contribution in [0.3, 0.4) is 0 Å². The lowest BCUT2D eigenvalue weighted by Gasteiger charge is -2.09. The van der Waals surface area contributed by atoms with E-state index in [0.29, 0.717) is 12.1 Å². The zero-order valence-electron chi connectivity index (χ0n) is 13.6. The van der Waals surface area contributed by atoms with E-state index in [1.165, 1.54) is 6.07 Å². The fourth-order valence-corrected chi connectivity index (χ4v) is 2.45. The molecule has 0 aromatic heterocycles. The molecular formula is C19H19N3O3. The number of primary amides is 1. The first-order valence-corrected chi connectivity index (χ1v) is 8.11. The molecule has 1 aliphatic rings. The highest BCUT2D eigenvalue weighted by atomic mass is 16.2. The molecule has 0 atom stereocenters. The number of carbonyl (C=O) groups is 3. The summed E-state index contributed by atoms with van der Waals surface area (Å²) in [5, 5.41) is 5.67. The highest BCUT2D eigenvalue weighted by Gasteiger charge is 2.29. The third-order valence-corrected chi connectivity index (χ3v) is 4.01. The van der Waals surface area contributed by atoms with Gasteiger partial charge in [0.1, 0.15) is 0 Å². The summed E-state index contributed by atoms with van der Waals surface area (Å²) in [6.07, 6.45) is 1.90. The number of nitrogens with two attached hydrogens (primary N) is 1. The second kappa shape index (κ2) is 7.17. The van der Waals surface area contributed by atoms with E-state index in [2.05, 4.69) is 10.6 Å². The van der Waals surface area contributed by atoms with Gasteiger partial charge in [-0.1, -0.05) is 18.2 Å². The quantitative estimate of drug-likeness (QED) is 0.752. The fourth-order valence-electron chi connectivity index (χ4n) is 2.45. The first kappa shape index (κ1) is 16.7. The maximum Gasteiger partial charge on any atom is 0.251 e. The number of nitrogens with one attached hydrogen (secondary N) is 2. The maximum atomic E-state index is 12.2. The van der Waals surface area contributed by atoms with Gasteiger partial charge in [0.25, 0.3) is 5.91 Å². The molecule has 0 spiro atoms. The topological polar surface area (TPSA) is 101 Å². The molecule has 0 radical (unpaired) electrons. The minimum Gasteiger partial charge on any atom is -0.366 e. The molecule has 3 rings (SSSR count). The van der Waals surface area contributed by atoms with Crippen molar-refractivity contribution in [3.63, 3.8) is 0 Å². The summed E-state index contributed by atoms with van der Waals surface area (Å²) in [4.78, 5) is 35.2. The van der Waals surface area contributed by atoms with Gasteiger partial charge in [-0.15, -0.1) is 0 Å². The van der Waals surface area contributed by atoms with Crippen molar-refractivity contribution in [1.82, 2.24) is 5.32 Å². The Kier molecular flexibility index (Phi) is 4.79. The Bertz CT molecular complexity index is 828. The summed E-state index contributed by atoms with van der Waals surface area (Å²) in [6.45, 7) is 0.312. The highest BCUT2D eigenvalue weighted by Crippen LogP contribution is 2.30. The van der Waals surface area contributed by atoms with Gasteiger partial charge < -0.3 is 16.4 Å². The Morgan fingerprint density at radius 3 is 2.44 bits per heavy atom. The Hall–Kier alpha value is -3.15. The van der Waals surface area contributed by atoms with Crippen molar-refractivity contribution >= 4 is 23.4 Å². The predicted molar refractivity (Wildman–Crippen MR) is 93.9 cm³/mol. The highest BCUT2D eigenvalue weighted by molar-refractivity contribution is 5.99. The number of anilines is 1. The molecule has 0 bridgehead atoms. The van der Waals surface area contributed by atoms with E-state index in [1.807, 2.05) is 24.3 Å². The van der Waals surface area contributed by atoms with Crippen molar-refractivity contribution in [3.8, 4) is 0 Å². The Labute approximate surface area is 145 Å². The van der Waals surface area contributed by atoms with Crippen LogP contribution in [0, 0.1) is 5.92 Å². The Morgan fingerprint density at radius 1 is 1.00 bits per heavy atom. The first-order valence-electron chi connectivity index (χ1n) is 8.11. The van der Waals surface area contributed by atoms with E-state index in [1.54, 1.807) is 18.2 Å². The van der Waals surface area contributed by atoms with E-state index in [0.717, 1.165) is 24.1 Å². The fraction of sp³-hybridized carbons (Fsp3) is 0.211. The smallest absolute Gasteiger partial charge is 0.251 e.